The first-order chi connectivity index (χ1) is 21.5. The maximum Gasteiger partial charge on any atom is 0.256 e. The number of nitrogens with zero attached hydrogens (tertiary/aromatic N) is 3. The van der Waals surface area contributed by atoms with Crippen LogP contribution >= 0.6 is 0 Å². The normalized spacial score (nSPS) is 17.2. The molecule has 3 heterocycles. The van der Waals surface area contributed by atoms with Crippen LogP contribution in [0, 0.1) is 0 Å². The number of likely N-dealkylation sites (tertiary alicyclic amines) is 1. The Labute approximate surface area is 258 Å². The van der Waals surface area contributed by atoms with Gasteiger partial charge >= 0.3 is 0 Å². The Kier molecular flexibility index (Phi) is 9.00. The fraction of sp³-hybridized carbons (Fsp3) is 0.400. The molecule has 1 N–H and O–H groups in total. The molecule has 3 aromatic rings. The highest BCUT2D eigenvalue weighted by atomic mass is 16.7. The number of hydrogen-bond acceptors (Lipinski definition) is 6. The van der Waals surface area contributed by atoms with E-state index in [2.05, 4.69) is 17.1 Å². The molecule has 0 bridgehead atoms. The lowest BCUT2D eigenvalue weighted by Gasteiger charge is -2.31. The van der Waals surface area contributed by atoms with E-state index in [0.717, 1.165) is 63.0 Å². The van der Waals surface area contributed by atoms with E-state index in [1.54, 1.807) is 24.3 Å². The van der Waals surface area contributed by atoms with Crippen LogP contribution in [0.25, 0.3) is 0 Å². The summed E-state index contributed by atoms with van der Waals surface area (Å²) in [5, 5.41) is 2.97. The summed E-state index contributed by atoms with van der Waals surface area (Å²) in [4.78, 5) is 46.8. The average molecular weight is 597 g/mol. The van der Waals surface area contributed by atoms with Gasteiger partial charge in [-0.05, 0) is 74.1 Å². The molecule has 0 radical (unpaired) electrons. The van der Waals surface area contributed by atoms with Crippen molar-refractivity contribution in [1.29, 1.82) is 0 Å². The van der Waals surface area contributed by atoms with Crippen molar-refractivity contribution in [3.8, 4) is 11.5 Å². The summed E-state index contributed by atoms with van der Waals surface area (Å²) < 4.78 is 10.8. The van der Waals surface area contributed by atoms with E-state index in [1.165, 1.54) is 0 Å². The highest BCUT2D eigenvalue weighted by Crippen LogP contribution is 2.33. The molecule has 3 amide bonds. The first kappa shape index (κ1) is 29.5. The zero-order valence-electron chi connectivity index (χ0n) is 25.3. The molecule has 2 fully saturated rings. The zero-order valence-corrected chi connectivity index (χ0v) is 25.3. The van der Waals surface area contributed by atoms with E-state index < -0.39 is 0 Å². The maximum absolute atomic E-state index is 13.9. The second-order valence-electron chi connectivity index (χ2n) is 11.6. The summed E-state index contributed by atoms with van der Waals surface area (Å²) in [6.07, 6.45) is 4.65. The number of amides is 3. The predicted octanol–water partition coefficient (Wildman–Crippen LogP) is 5.53. The number of hydrogen-bond donors (Lipinski definition) is 1. The average Bonchev–Trinajstić information content (AvgIpc) is 3.41. The quantitative estimate of drug-likeness (QED) is 0.386. The Balaban J connectivity index is 1.22. The second-order valence-corrected chi connectivity index (χ2v) is 11.6. The predicted molar refractivity (Wildman–Crippen MR) is 170 cm³/mol. The molecule has 3 aliphatic rings. The van der Waals surface area contributed by atoms with Gasteiger partial charge in [0.25, 0.3) is 11.8 Å². The van der Waals surface area contributed by atoms with Crippen LogP contribution in [0.1, 0.15) is 71.2 Å². The van der Waals surface area contributed by atoms with E-state index >= 15 is 0 Å². The Hall–Kier alpha value is -4.53. The molecular weight excluding hydrogens is 556 g/mol. The molecule has 2 saturated heterocycles. The maximum atomic E-state index is 13.9. The molecule has 0 aromatic heterocycles. The topological polar surface area (TPSA) is 91.4 Å². The van der Waals surface area contributed by atoms with Crippen LogP contribution in [0.2, 0.25) is 0 Å². The number of fused-ring (bicyclic) bond motifs is 1. The van der Waals surface area contributed by atoms with Crippen molar-refractivity contribution < 1.29 is 23.9 Å². The summed E-state index contributed by atoms with van der Waals surface area (Å²) >= 11 is 0. The molecule has 9 heteroatoms. The van der Waals surface area contributed by atoms with E-state index in [0.29, 0.717) is 47.9 Å². The van der Waals surface area contributed by atoms with E-state index in [-0.39, 0.29) is 30.4 Å². The van der Waals surface area contributed by atoms with Crippen molar-refractivity contribution in [3.63, 3.8) is 0 Å². The molecule has 3 aliphatic heterocycles. The summed E-state index contributed by atoms with van der Waals surface area (Å²) in [6.45, 7) is 6.27. The van der Waals surface area contributed by atoms with Crippen molar-refractivity contribution >= 4 is 29.1 Å². The van der Waals surface area contributed by atoms with Crippen LogP contribution in [0.4, 0.5) is 11.4 Å². The highest BCUT2D eigenvalue weighted by molar-refractivity contribution is 6.06. The standard InChI is InChI=1S/C35H40N4O5/c1-2-28(25-10-5-3-6-11-25)34(41)39-19-9-18-37(20-21-39)30-14-13-27(23-29(30)35(42)38-16-7-4-8-17-38)36-33(40)26-12-15-31-32(22-26)44-24-43-31/h3,5-6,10-15,22-23,28H,2,4,7-9,16-21,24H2,1H3,(H,36,40)/t28-/m1/s1. The van der Waals surface area contributed by atoms with Gasteiger partial charge in [0.05, 0.1) is 11.5 Å². The Bertz CT molecular complexity index is 1500. The molecule has 0 spiro atoms. The number of benzene rings is 3. The Morgan fingerprint density at radius 2 is 1.55 bits per heavy atom. The van der Waals surface area contributed by atoms with Crippen LogP contribution in [0.3, 0.4) is 0 Å². The smallest absolute Gasteiger partial charge is 0.256 e. The van der Waals surface area contributed by atoms with Crippen molar-refractivity contribution in [2.75, 3.05) is 56.3 Å². The van der Waals surface area contributed by atoms with Gasteiger partial charge in [-0.15, -0.1) is 0 Å². The molecule has 9 nitrogen and oxygen atoms in total. The van der Waals surface area contributed by atoms with E-state index in [4.69, 9.17) is 9.47 Å². The molecule has 0 unspecified atom stereocenters. The largest absolute Gasteiger partial charge is 0.454 e. The summed E-state index contributed by atoms with van der Waals surface area (Å²) in [5.74, 6) is 0.838. The summed E-state index contributed by atoms with van der Waals surface area (Å²) in [6, 6.07) is 20.7. The highest BCUT2D eigenvalue weighted by Gasteiger charge is 2.29. The molecule has 0 aliphatic carbocycles. The fourth-order valence-corrected chi connectivity index (χ4v) is 6.41. The lowest BCUT2D eigenvalue weighted by Crippen LogP contribution is -2.39. The minimum Gasteiger partial charge on any atom is -0.454 e. The number of piperidine rings is 1. The van der Waals surface area contributed by atoms with Gasteiger partial charge in [-0.2, -0.15) is 0 Å². The van der Waals surface area contributed by atoms with Crippen LogP contribution < -0.4 is 19.7 Å². The minimum absolute atomic E-state index is 0.0221. The molecule has 44 heavy (non-hydrogen) atoms. The Morgan fingerprint density at radius 3 is 2.34 bits per heavy atom. The van der Waals surface area contributed by atoms with Gasteiger partial charge in [-0.25, -0.2) is 0 Å². The van der Waals surface area contributed by atoms with Crippen LogP contribution in [-0.2, 0) is 4.79 Å². The molecule has 230 valence electrons. The van der Waals surface area contributed by atoms with Crippen LogP contribution in [-0.4, -0.2) is 73.6 Å². The lowest BCUT2D eigenvalue weighted by atomic mass is 9.95. The van der Waals surface area contributed by atoms with Crippen LogP contribution in [0.15, 0.2) is 66.7 Å². The number of anilines is 2. The van der Waals surface area contributed by atoms with E-state index in [9.17, 15) is 14.4 Å². The third-order valence-electron chi connectivity index (χ3n) is 8.82. The van der Waals surface area contributed by atoms with Gasteiger partial charge in [-0.3, -0.25) is 14.4 Å². The molecule has 0 saturated carbocycles. The number of carbonyl (C=O) groups is 3. The van der Waals surface area contributed by atoms with Gasteiger partial charge < -0.3 is 29.5 Å². The number of ether oxygens (including phenoxy) is 2. The van der Waals surface area contributed by atoms with Crippen LogP contribution in [0.5, 0.6) is 11.5 Å². The second kappa shape index (κ2) is 13.4. The summed E-state index contributed by atoms with van der Waals surface area (Å²) in [7, 11) is 0. The molecule has 6 rings (SSSR count). The van der Waals surface area contributed by atoms with Gasteiger partial charge in [0.2, 0.25) is 12.7 Å². The number of carbonyl (C=O) groups excluding carboxylic acids is 3. The number of nitrogens with one attached hydrogen (secondary N) is 1. The third kappa shape index (κ3) is 6.37. The third-order valence-corrected chi connectivity index (χ3v) is 8.82. The van der Waals surface area contributed by atoms with Crippen molar-refractivity contribution in [1.82, 2.24) is 9.80 Å². The fourth-order valence-electron chi connectivity index (χ4n) is 6.41. The Morgan fingerprint density at radius 1 is 0.773 bits per heavy atom. The van der Waals surface area contributed by atoms with Gasteiger partial charge in [0.15, 0.2) is 11.5 Å². The zero-order chi connectivity index (χ0) is 30.5. The van der Waals surface area contributed by atoms with Crippen molar-refractivity contribution in [3.05, 3.63) is 83.4 Å². The van der Waals surface area contributed by atoms with Gasteiger partial charge in [0.1, 0.15) is 0 Å². The molecular formula is C35H40N4O5. The SMILES string of the molecule is CC[C@@H](C(=O)N1CCCN(c2ccc(NC(=O)c3ccc4c(c3)OCO4)cc2C(=O)N2CCCCC2)CC1)c1ccccc1. The summed E-state index contributed by atoms with van der Waals surface area (Å²) in [5.41, 5.74) is 3.46. The monoisotopic (exact) mass is 596 g/mol. The van der Waals surface area contributed by atoms with Crippen molar-refractivity contribution in [2.24, 2.45) is 0 Å². The van der Waals surface area contributed by atoms with E-state index in [1.807, 2.05) is 52.3 Å². The first-order valence-corrected chi connectivity index (χ1v) is 15.7. The number of rotatable bonds is 7. The molecule has 3 aromatic carbocycles. The van der Waals surface area contributed by atoms with Gasteiger partial charge in [-0.1, -0.05) is 37.3 Å². The first-order valence-electron chi connectivity index (χ1n) is 15.7. The molecule has 1 atom stereocenters. The van der Waals surface area contributed by atoms with Crippen molar-refractivity contribution in [2.45, 2.75) is 44.9 Å². The lowest BCUT2D eigenvalue weighted by molar-refractivity contribution is -0.132. The minimum atomic E-state index is -0.291. The van der Waals surface area contributed by atoms with Gasteiger partial charge in [0, 0.05) is 56.2 Å².